The average molecular weight is 358 g/mol. The highest BCUT2D eigenvalue weighted by Gasteiger charge is 2.20. The number of methoxy groups -OCH3 is 1. The summed E-state index contributed by atoms with van der Waals surface area (Å²) in [5.74, 6) is 0.961. The van der Waals surface area contributed by atoms with Gasteiger partial charge in [-0.1, -0.05) is 15.9 Å². The van der Waals surface area contributed by atoms with Gasteiger partial charge in [-0.25, -0.2) is 0 Å². The molecule has 0 bridgehead atoms. The molecule has 0 spiro atoms. The molecule has 0 radical (unpaired) electrons. The predicted molar refractivity (Wildman–Crippen MR) is 86.8 cm³/mol. The first-order valence-electron chi connectivity index (χ1n) is 7.51. The van der Waals surface area contributed by atoms with Crippen LogP contribution in [0, 0.1) is 0 Å². The summed E-state index contributed by atoms with van der Waals surface area (Å²) in [4.78, 5) is 0. The van der Waals surface area contributed by atoms with Crippen molar-refractivity contribution in [3.63, 3.8) is 0 Å². The standard InChI is InChI=1S/C16H24BrNO3/c1-19-9-10-20-7-2-8-21-16-6-3-14(17)11-13(16)12-18-15-4-5-15/h3,6,11,15,18H,2,4-5,7-10,12H2,1H3. The third kappa shape index (κ3) is 6.78. The van der Waals surface area contributed by atoms with Crippen LogP contribution in [0.3, 0.4) is 0 Å². The Bertz CT molecular complexity index is 424. The molecule has 0 amide bonds. The first-order chi connectivity index (χ1) is 10.3. The van der Waals surface area contributed by atoms with Crippen molar-refractivity contribution in [2.45, 2.75) is 31.8 Å². The lowest BCUT2D eigenvalue weighted by Gasteiger charge is -2.13. The maximum atomic E-state index is 5.88. The number of nitrogens with one attached hydrogen (secondary N) is 1. The summed E-state index contributed by atoms with van der Waals surface area (Å²) >= 11 is 3.52. The number of halogens is 1. The van der Waals surface area contributed by atoms with Crippen molar-refractivity contribution in [1.29, 1.82) is 0 Å². The van der Waals surface area contributed by atoms with Gasteiger partial charge < -0.3 is 19.5 Å². The van der Waals surface area contributed by atoms with E-state index in [4.69, 9.17) is 14.2 Å². The lowest BCUT2D eigenvalue weighted by molar-refractivity contribution is 0.0644. The number of hydrogen-bond acceptors (Lipinski definition) is 4. The molecule has 0 aromatic heterocycles. The van der Waals surface area contributed by atoms with Crippen LogP contribution >= 0.6 is 15.9 Å². The minimum atomic E-state index is 0.643. The molecule has 1 saturated carbocycles. The average Bonchev–Trinajstić information content (AvgIpc) is 3.30. The molecular weight excluding hydrogens is 334 g/mol. The largest absolute Gasteiger partial charge is 0.493 e. The molecule has 1 fully saturated rings. The van der Waals surface area contributed by atoms with E-state index < -0.39 is 0 Å². The number of rotatable bonds is 11. The normalized spacial score (nSPS) is 14.4. The van der Waals surface area contributed by atoms with Crippen molar-refractivity contribution >= 4 is 15.9 Å². The highest BCUT2D eigenvalue weighted by Crippen LogP contribution is 2.25. The van der Waals surface area contributed by atoms with Crippen LogP contribution < -0.4 is 10.1 Å². The van der Waals surface area contributed by atoms with Crippen LogP contribution in [0.15, 0.2) is 22.7 Å². The maximum Gasteiger partial charge on any atom is 0.123 e. The molecule has 4 nitrogen and oxygen atoms in total. The Morgan fingerprint density at radius 1 is 1.19 bits per heavy atom. The van der Waals surface area contributed by atoms with Gasteiger partial charge in [-0.3, -0.25) is 0 Å². The van der Waals surface area contributed by atoms with Crippen LogP contribution in [0.2, 0.25) is 0 Å². The fraction of sp³-hybridized carbons (Fsp3) is 0.625. The van der Waals surface area contributed by atoms with Crippen LogP contribution in [0.5, 0.6) is 5.75 Å². The van der Waals surface area contributed by atoms with Crippen LogP contribution in [0.1, 0.15) is 24.8 Å². The minimum Gasteiger partial charge on any atom is -0.493 e. The van der Waals surface area contributed by atoms with Crippen molar-refractivity contribution in [2.75, 3.05) is 33.5 Å². The zero-order chi connectivity index (χ0) is 14.9. The Hall–Kier alpha value is -0.620. The van der Waals surface area contributed by atoms with E-state index in [9.17, 15) is 0 Å². The summed E-state index contributed by atoms with van der Waals surface area (Å²) < 4.78 is 17.3. The van der Waals surface area contributed by atoms with Gasteiger partial charge in [-0.2, -0.15) is 0 Å². The first kappa shape index (κ1) is 16.7. The summed E-state index contributed by atoms with van der Waals surface area (Å²) in [7, 11) is 1.68. The molecule has 0 saturated heterocycles. The van der Waals surface area contributed by atoms with Gasteiger partial charge in [-0.15, -0.1) is 0 Å². The Morgan fingerprint density at radius 2 is 2.05 bits per heavy atom. The van der Waals surface area contributed by atoms with Gasteiger partial charge in [0.25, 0.3) is 0 Å². The second-order valence-electron chi connectivity index (χ2n) is 5.21. The van der Waals surface area contributed by atoms with Gasteiger partial charge in [-0.05, 0) is 31.0 Å². The van der Waals surface area contributed by atoms with Crippen molar-refractivity contribution in [3.05, 3.63) is 28.2 Å². The quantitative estimate of drug-likeness (QED) is 0.617. The van der Waals surface area contributed by atoms with Crippen LogP contribution in [0.4, 0.5) is 0 Å². The molecule has 5 heteroatoms. The predicted octanol–water partition coefficient (Wildman–Crippen LogP) is 3.13. The molecule has 21 heavy (non-hydrogen) atoms. The highest BCUT2D eigenvalue weighted by atomic mass is 79.9. The van der Waals surface area contributed by atoms with Gasteiger partial charge in [0.15, 0.2) is 0 Å². The summed E-state index contributed by atoms with van der Waals surface area (Å²) in [6.07, 6.45) is 3.47. The highest BCUT2D eigenvalue weighted by molar-refractivity contribution is 9.10. The fourth-order valence-electron chi connectivity index (χ4n) is 1.96. The third-order valence-corrected chi connectivity index (χ3v) is 3.80. The molecule has 118 valence electrons. The zero-order valence-corrected chi connectivity index (χ0v) is 14.2. The molecule has 2 rings (SSSR count). The van der Waals surface area contributed by atoms with Crippen LogP contribution in [-0.4, -0.2) is 39.6 Å². The van der Waals surface area contributed by atoms with E-state index >= 15 is 0 Å². The van der Waals surface area contributed by atoms with E-state index in [1.807, 2.05) is 12.1 Å². The lowest BCUT2D eigenvalue weighted by atomic mass is 10.2. The number of hydrogen-bond donors (Lipinski definition) is 1. The van der Waals surface area contributed by atoms with Crippen molar-refractivity contribution in [3.8, 4) is 5.75 Å². The SMILES string of the molecule is COCCOCCCOc1ccc(Br)cc1CNC1CC1. The van der Waals surface area contributed by atoms with E-state index in [-0.39, 0.29) is 0 Å². The lowest BCUT2D eigenvalue weighted by Crippen LogP contribution is -2.16. The number of ether oxygens (including phenoxy) is 3. The summed E-state index contributed by atoms with van der Waals surface area (Å²) in [5.41, 5.74) is 1.21. The molecule has 0 unspecified atom stereocenters. The van der Waals surface area contributed by atoms with Gasteiger partial charge >= 0.3 is 0 Å². The van der Waals surface area contributed by atoms with E-state index in [0.29, 0.717) is 32.5 Å². The van der Waals surface area contributed by atoms with Crippen LogP contribution in [-0.2, 0) is 16.0 Å². The molecule has 1 aliphatic rings. The molecule has 0 atom stereocenters. The molecule has 0 heterocycles. The Balaban J connectivity index is 1.70. The Morgan fingerprint density at radius 3 is 2.81 bits per heavy atom. The Kier molecular flexibility index (Phi) is 7.50. The van der Waals surface area contributed by atoms with Gasteiger partial charge in [0, 0.05) is 42.8 Å². The van der Waals surface area contributed by atoms with E-state index in [1.54, 1.807) is 7.11 Å². The molecular formula is C16H24BrNO3. The molecule has 1 aromatic rings. The zero-order valence-electron chi connectivity index (χ0n) is 12.6. The van der Waals surface area contributed by atoms with Gasteiger partial charge in [0.1, 0.15) is 5.75 Å². The second-order valence-corrected chi connectivity index (χ2v) is 6.13. The molecule has 1 N–H and O–H groups in total. The van der Waals surface area contributed by atoms with Crippen LogP contribution in [0.25, 0.3) is 0 Å². The Labute approximate surface area is 135 Å². The van der Waals surface area contributed by atoms with Gasteiger partial charge in [0.2, 0.25) is 0 Å². The van der Waals surface area contributed by atoms with Crippen molar-refractivity contribution in [1.82, 2.24) is 5.32 Å². The van der Waals surface area contributed by atoms with Crippen molar-refractivity contribution < 1.29 is 14.2 Å². The first-order valence-corrected chi connectivity index (χ1v) is 8.30. The van der Waals surface area contributed by atoms with Gasteiger partial charge in [0.05, 0.1) is 19.8 Å². The summed E-state index contributed by atoms with van der Waals surface area (Å²) in [6, 6.07) is 6.87. The van der Waals surface area contributed by atoms with E-state index in [2.05, 4.69) is 27.3 Å². The minimum absolute atomic E-state index is 0.643. The molecule has 1 aromatic carbocycles. The summed E-state index contributed by atoms with van der Waals surface area (Å²) in [5, 5.41) is 3.53. The monoisotopic (exact) mass is 357 g/mol. The number of benzene rings is 1. The fourth-order valence-corrected chi connectivity index (χ4v) is 2.36. The molecule has 1 aliphatic carbocycles. The van der Waals surface area contributed by atoms with E-state index in [1.165, 1.54) is 18.4 Å². The molecule has 0 aliphatic heterocycles. The summed E-state index contributed by atoms with van der Waals surface area (Å²) in [6.45, 7) is 3.53. The van der Waals surface area contributed by atoms with E-state index in [0.717, 1.165) is 23.2 Å². The maximum absolute atomic E-state index is 5.88. The van der Waals surface area contributed by atoms with Crippen molar-refractivity contribution in [2.24, 2.45) is 0 Å². The topological polar surface area (TPSA) is 39.7 Å². The second kappa shape index (κ2) is 9.41. The smallest absolute Gasteiger partial charge is 0.123 e. The third-order valence-electron chi connectivity index (χ3n) is 3.30.